The van der Waals surface area contributed by atoms with Gasteiger partial charge in [0.1, 0.15) is 0 Å². The highest BCUT2D eigenvalue weighted by atomic mass is 16.5. The second-order valence-electron chi connectivity index (χ2n) is 6.64. The summed E-state index contributed by atoms with van der Waals surface area (Å²) in [4.78, 5) is 30.3. The molecule has 0 unspecified atom stereocenters. The van der Waals surface area contributed by atoms with E-state index in [0.29, 0.717) is 16.9 Å². The molecule has 0 aliphatic heterocycles. The van der Waals surface area contributed by atoms with Crippen molar-refractivity contribution >= 4 is 16.9 Å². The summed E-state index contributed by atoms with van der Waals surface area (Å²) in [6.45, 7) is 4.48. The van der Waals surface area contributed by atoms with E-state index in [9.17, 15) is 9.59 Å². The molecule has 0 saturated heterocycles. The van der Waals surface area contributed by atoms with Gasteiger partial charge < -0.3 is 4.74 Å². The monoisotopic (exact) mass is 367 g/mol. The first kappa shape index (κ1) is 17.3. The smallest absolute Gasteiger partial charge is 0.332 e. The molecule has 8 nitrogen and oxygen atoms in total. The van der Waals surface area contributed by atoms with Gasteiger partial charge in [-0.25, -0.2) is 4.79 Å². The number of hydrogen-bond donors (Lipinski definition) is 0. The van der Waals surface area contributed by atoms with Gasteiger partial charge in [-0.15, -0.1) is 0 Å². The van der Waals surface area contributed by atoms with Crippen LogP contribution < -0.4 is 11.2 Å². The molecule has 0 bridgehead atoms. The molecule has 4 aromatic rings. The largest absolute Gasteiger partial charge is 0.383 e. The molecule has 3 aromatic heterocycles. The number of imidazole rings is 2. The first-order valence-corrected chi connectivity index (χ1v) is 8.70. The lowest BCUT2D eigenvalue weighted by atomic mass is 10.2. The molecule has 3 heterocycles. The zero-order chi connectivity index (χ0) is 19.3. The quantitative estimate of drug-likeness (QED) is 0.546. The number of aryl methyl sites for hydroxylation is 3. The van der Waals surface area contributed by atoms with Crippen LogP contribution in [0.3, 0.4) is 0 Å². The lowest BCUT2D eigenvalue weighted by molar-refractivity contribution is 0.184. The third-order valence-electron chi connectivity index (χ3n) is 4.90. The fourth-order valence-electron chi connectivity index (χ4n) is 3.50. The number of nitrogens with zero attached hydrogens (tertiary/aromatic N) is 5. The predicted octanol–water partition coefficient (Wildman–Crippen LogP) is 1.40. The Morgan fingerprint density at radius 2 is 1.89 bits per heavy atom. The normalized spacial score (nSPS) is 11.7. The Kier molecular flexibility index (Phi) is 4.00. The molecule has 8 heteroatoms. The van der Waals surface area contributed by atoms with Crippen molar-refractivity contribution in [3.05, 3.63) is 62.6 Å². The molecular weight excluding hydrogens is 346 g/mol. The predicted molar refractivity (Wildman–Crippen MR) is 103 cm³/mol. The number of ether oxygens (including phenoxy) is 1. The van der Waals surface area contributed by atoms with Crippen molar-refractivity contribution in [1.82, 2.24) is 23.1 Å². The van der Waals surface area contributed by atoms with E-state index in [0.717, 1.165) is 16.9 Å². The van der Waals surface area contributed by atoms with Crippen LogP contribution in [-0.4, -0.2) is 36.8 Å². The fourth-order valence-corrected chi connectivity index (χ4v) is 3.50. The zero-order valence-electron chi connectivity index (χ0n) is 15.8. The zero-order valence-corrected chi connectivity index (χ0v) is 15.8. The van der Waals surface area contributed by atoms with Crippen LogP contribution in [0.4, 0.5) is 0 Å². The van der Waals surface area contributed by atoms with Gasteiger partial charge >= 0.3 is 5.69 Å². The van der Waals surface area contributed by atoms with Crippen LogP contribution in [0.25, 0.3) is 22.6 Å². The van der Waals surface area contributed by atoms with Crippen molar-refractivity contribution in [1.29, 1.82) is 0 Å². The molecule has 140 valence electrons. The van der Waals surface area contributed by atoms with E-state index in [-0.39, 0.29) is 18.7 Å². The minimum atomic E-state index is -0.399. The molecule has 0 atom stereocenters. The number of methoxy groups -OCH3 is 1. The van der Waals surface area contributed by atoms with Gasteiger partial charge in [-0.3, -0.25) is 22.9 Å². The van der Waals surface area contributed by atoms with Crippen LogP contribution in [0.15, 0.2) is 40.1 Å². The van der Waals surface area contributed by atoms with E-state index >= 15 is 0 Å². The molecule has 0 fully saturated rings. The van der Waals surface area contributed by atoms with E-state index in [1.165, 1.54) is 16.2 Å². The van der Waals surface area contributed by atoms with Crippen molar-refractivity contribution in [2.75, 3.05) is 13.7 Å². The van der Waals surface area contributed by atoms with Gasteiger partial charge in [-0.1, -0.05) is 18.2 Å². The maximum Gasteiger partial charge on any atom is 0.332 e. The van der Waals surface area contributed by atoms with Crippen LogP contribution in [0.5, 0.6) is 0 Å². The SMILES string of the molecule is COCCn1c(=O)c2c(nc3n(-c4ccccc4C)c(C)cn23)n(C)c1=O. The molecule has 0 amide bonds. The Labute approximate surface area is 154 Å². The average Bonchev–Trinajstić information content (AvgIpc) is 3.15. The van der Waals surface area contributed by atoms with Gasteiger partial charge in [0.15, 0.2) is 11.2 Å². The summed E-state index contributed by atoms with van der Waals surface area (Å²) >= 11 is 0. The van der Waals surface area contributed by atoms with E-state index in [1.54, 1.807) is 11.4 Å². The molecule has 27 heavy (non-hydrogen) atoms. The average molecular weight is 367 g/mol. The van der Waals surface area contributed by atoms with Crippen molar-refractivity contribution in [3.8, 4) is 5.69 Å². The number of para-hydroxylation sites is 1. The van der Waals surface area contributed by atoms with Gasteiger partial charge in [0.05, 0.1) is 18.8 Å². The molecule has 0 saturated carbocycles. The van der Waals surface area contributed by atoms with Gasteiger partial charge in [0, 0.05) is 26.0 Å². The third-order valence-corrected chi connectivity index (χ3v) is 4.90. The van der Waals surface area contributed by atoms with Crippen molar-refractivity contribution in [2.24, 2.45) is 7.05 Å². The van der Waals surface area contributed by atoms with Gasteiger partial charge in [-0.05, 0) is 25.5 Å². The van der Waals surface area contributed by atoms with Crippen molar-refractivity contribution in [2.45, 2.75) is 20.4 Å². The molecule has 0 spiro atoms. The summed E-state index contributed by atoms with van der Waals surface area (Å²) < 4.78 is 11.4. The fraction of sp³-hybridized carbons (Fsp3) is 0.316. The van der Waals surface area contributed by atoms with Crippen LogP contribution in [0.1, 0.15) is 11.3 Å². The van der Waals surface area contributed by atoms with Gasteiger partial charge in [0.2, 0.25) is 5.78 Å². The second kappa shape index (κ2) is 6.24. The Bertz CT molecular complexity index is 1290. The third kappa shape index (κ3) is 2.44. The van der Waals surface area contributed by atoms with E-state index in [1.807, 2.05) is 48.9 Å². The van der Waals surface area contributed by atoms with Crippen LogP contribution in [0.2, 0.25) is 0 Å². The second-order valence-corrected chi connectivity index (χ2v) is 6.64. The molecule has 1 aromatic carbocycles. The summed E-state index contributed by atoms with van der Waals surface area (Å²) in [5, 5.41) is 0. The number of hydrogen-bond acceptors (Lipinski definition) is 4. The number of rotatable bonds is 4. The van der Waals surface area contributed by atoms with E-state index < -0.39 is 5.69 Å². The molecule has 0 N–H and O–H groups in total. The van der Waals surface area contributed by atoms with Crippen molar-refractivity contribution < 1.29 is 4.74 Å². The number of fused-ring (bicyclic) bond motifs is 3. The Morgan fingerprint density at radius 3 is 2.59 bits per heavy atom. The highest BCUT2D eigenvalue weighted by Crippen LogP contribution is 2.22. The maximum absolute atomic E-state index is 13.0. The van der Waals surface area contributed by atoms with Crippen LogP contribution in [0, 0.1) is 13.8 Å². The van der Waals surface area contributed by atoms with E-state index in [4.69, 9.17) is 4.74 Å². The standard InChI is InChI=1S/C19H21N5O3/c1-12-7-5-6-8-14(12)24-13(2)11-23-15-16(20-18(23)24)21(3)19(26)22(17(15)25)9-10-27-4/h5-8,11H,9-10H2,1-4H3. The highest BCUT2D eigenvalue weighted by molar-refractivity contribution is 5.76. The minimum absolute atomic E-state index is 0.197. The van der Waals surface area contributed by atoms with Crippen molar-refractivity contribution in [3.63, 3.8) is 0 Å². The van der Waals surface area contributed by atoms with Gasteiger partial charge in [0.25, 0.3) is 5.56 Å². The lowest BCUT2D eigenvalue weighted by Crippen LogP contribution is -2.40. The summed E-state index contributed by atoms with van der Waals surface area (Å²) in [7, 11) is 3.17. The lowest BCUT2D eigenvalue weighted by Gasteiger charge is -2.09. The topological polar surface area (TPSA) is 75.5 Å². The summed E-state index contributed by atoms with van der Waals surface area (Å²) in [5.74, 6) is 0.605. The maximum atomic E-state index is 13.0. The minimum Gasteiger partial charge on any atom is -0.383 e. The first-order chi connectivity index (χ1) is 13.0. The molecule has 0 aliphatic rings. The molecule has 0 radical (unpaired) electrons. The molecule has 4 rings (SSSR count). The van der Waals surface area contributed by atoms with Gasteiger partial charge in [-0.2, -0.15) is 4.98 Å². The molecular formula is C19H21N5O3. The Morgan fingerprint density at radius 1 is 1.15 bits per heavy atom. The number of aromatic nitrogens is 5. The molecule has 0 aliphatic carbocycles. The summed E-state index contributed by atoms with van der Waals surface area (Å²) in [6.07, 6.45) is 1.88. The highest BCUT2D eigenvalue weighted by Gasteiger charge is 2.21. The Balaban J connectivity index is 2.11. The number of benzene rings is 1. The summed E-state index contributed by atoms with van der Waals surface area (Å²) in [5.41, 5.74) is 3.03. The van der Waals surface area contributed by atoms with Crippen LogP contribution in [-0.2, 0) is 18.3 Å². The first-order valence-electron chi connectivity index (χ1n) is 8.70. The van der Waals surface area contributed by atoms with E-state index in [2.05, 4.69) is 4.98 Å². The Hall–Kier alpha value is -3.13. The van der Waals surface area contributed by atoms with Crippen LogP contribution >= 0.6 is 0 Å². The summed E-state index contributed by atoms with van der Waals surface area (Å²) in [6, 6.07) is 7.99.